The summed E-state index contributed by atoms with van der Waals surface area (Å²) in [6.07, 6.45) is -2.26. The van der Waals surface area contributed by atoms with Crippen LogP contribution in [0.15, 0.2) is 97.2 Å². The van der Waals surface area contributed by atoms with Crippen molar-refractivity contribution in [3.05, 3.63) is 125 Å². The maximum Gasteiger partial charge on any atom is 0.471 e. The fourth-order valence-electron chi connectivity index (χ4n) is 6.80. The quantitative estimate of drug-likeness (QED) is 0.182. The van der Waals surface area contributed by atoms with Crippen molar-refractivity contribution in [3.8, 4) is 11.1 Å². The van der Waals surface area contributed by atoms with Gasteiger partial charge in [-0.1, -0.05) is 66.7 Å². The molecule has 0 unspecified atom stereocenters. The molecule has 1 aromatic heterocycles. The second-order valence-electron chi connectivity index (χ2n) is 13.4. The zero-order chi connectivity index (χ0) is 36.7. The molecule has 6 rings (SSSR count). The predicted molar refractivity (Wildman–Crippen MR) is 188 cm³/mol. The Morgan fingerprint density at radius 1 is 0.942 bits per heavy atom. The fourth-order valence-corrected chi connectivity index (χ4v) is 6.80. The first-order valence-corrected chi connectivity index (χ1v) is 17.5. The third-order valence-electron chi connectivity index (χ3n) is 9.55. The Hall–Kier alpha value is -4.62. The number of amides is 2. The molecule has 0 bridgehead atoms. The number of aliphatic hydroxyl groups excluding tert-OH is 1. The molecular formula is C40H43F3N4O5. The molecule has 3 aromatic carbocycles. The summed E-state index contributed by atoms with van der Waals surface area (Å²) in [5, 5.41) is 12.3. The topological polar surface area (TPSA) is 104 Å². The number of ether oxygens (including phenoxy) is 2. The van der Waals surface area contributed by atoms with Crippen molar-refractivity contribution in [2.24, 2.45) is 0 Å². The molecule has 2 amide bonds. The lowest BCUT2D eigenvalue weighted by Gasteiger charge is -2.38. The van der Waals surface area contributed by atoms with Crippen LogP contribution in [0.25, 0.3) is 11.1 Å². The highest BCUT2D eigenvalue weighted by Gasteiger charge is 2.47. The van der Waals surface area contributed by atoms with Gasteiger partial charge in [0.1, 0.15) is 6.04 Å². The van der Waals surface area contributed by atoms with Gasteiger partial charge in [0.05, 0.1) is 18.8 Å². The van der Waals surface area contributed by atoms with Crippen LogP contribution in [-0.2, 0) is 38.6 Å². The molecule has 0 aliphatic carbocycles. The Kier molecular flexibility index (Phi) is 12.0. The van der Waals surface area contributed by atoms with E-state index in [0.717, 1.165) is 52.0 Å². The number of hydrogen-bond donors (Lipinski definition) is 2. The minimum absolute atomic E-state index is 0.0380. The highest BCUT2D eigenvalue weighted by Crippen LogP contribution is 2.39. The number of pyridine rings is 1. The number of nitrogens with one attached hydrogen (secondary N) is 1. The Morgan fingerprint density at radius 3 is 2.44 bits per heavy atom. The number of hydrogen-bond acceptors (Lipinski definition) is 7. The molecule has 52 heavy (non-hydrogen) atoms. The summed E-state index contributed by atoms with van der Waals surface area (Å²) in [7, 11) is 2.07. The van der Waals surface area contributed by atoms with Crippen LogP contribution in [0.1, 0.15) is 59.6 Å². The molecule has 12 heteroatoms. The van der Waals surface area contributed by atoms with E-state index >= 15 is 0 Å². The van der Waals surface area contributed by atoms with Crippen molar-refractivity contribution < 1.29 is 37.3 Å². The Labute approximate surface area is 301 Å². The van der Waals surface area contributed by atoms with Gasteiger partial charge in [0.15, 0.2) is 6.29 Å². The fraction of sp³-hybridized carbons (Fsp3) is 0.375. The molecular weight excluding hydrogens is 673 g/mol. The standard InChI is InChI=1S/C40H43F3N4O5/c1-46(20-17-33-11-2-3-18-44-33)25-34-23-36(29-15-13-27(26-48)14-16-29)52-38(51-34)32-10-5-9-31(22-32)30-8-4-7-28(21-30)24-45-37(49)35-12-6-19-47(35)39(50)40(41,42)43/h2-5,7-11,13-16,18,21-22,34-36,38,48H,6,12,17,19-20,23-26H2,1H3,(H,45,49)/t34-,35-,36+,38+/m0/s1. The minimum Gasteiger partial charge on any atom is -0.392 e. The average molecular weight is 717 g/mol. The molecule has 9 nitrogen and oxygen atoms in total. The maximum absolute atomic E-state index is 13.1. The van der Waals surface area contributed by atoms with Crippen molar-refractivity contribution in [3.63, 3.8) is 0 Å². The first-order chi connectivity index (χ1) is 25.1. The largest absolute Gasteiger partial charge is 0.471 e. The highest BCUT2D eigenvalue weighted by molar-refractivity contribution is 5.90. The number of nitrogens with zero attached hydrogens (tertiary/aromatic N) is 3. The number of likely N-dealkylation sites (tertiary alicyclic amines) is 1. The van der Waals surface area contributed by atoms with Crippen LogP contribution in [0, 0.1) is 0 Å². The molecule has 3 heterocycles. The summed E-state index contributed by atoms with van der Waals surface area (Å²) in [5.41, 5.74) is 6.22. The lowest BCUT2D eigenvalue weighted by molar-refractivity contribution is -0.252. The second kappa shape index (κ2) is 16.8. The Bertz CT molecular complexity index is 1810. The summed E-state index contributed by atoms with van der Waals surface area (Å²) in [6.45, 7) is 1.46. The third kappa shape index (κ3) is 9.43. The number of aliphatic hydroxyl groups is 1. The van der Waals surface area contributed by atoms with E-state index in [-0.39, 0.29) is 38.3 Å². The molecule has 0 saturated carbocycles. The van der Waals surface area contributed by atoms with Crippen LogP contribution >= 0.6 is 0 Å². The molecule has 4 atom stereocenters. The lowest BCUT2D eigenvalue weighted by Crippen LogP contribution is -2.50. The van der Waals surface area contributed by atoms with Gasteiger partial charge in [0, 0.05) is 56.5 Å². The molecule has 2 N–H and O–H groups in total. The second-order valence-corrected chi connectivity index (χ2v) is 13.4. The van der Waals surface area contributed by atoms with Crippen molar-refractivity contribution in [1.82, 2.24) is 20.1 Å². The third-order valence-corrected chi connectivity index (χ3v) is 9.55. The Morgan fingerprint density at radius 2 is 1.71 bits per heavy atom. The van der Waals surface area contributed by atoms with Crippen molar-refractivity contribution in [2.45, 2.75) is 69.6 Å². The molecule has 4 aromatic rings. The maximum atomic E-state index is 13.1. The summed E-state index contributed by atoms with van der Waals surface area (Å²) in [6, 6.07) is 28.0. The van der Waals surface area contributed by atoms with E-state index < -0.39 is 30.3 Å². The van der Waals surface area contributed by atoms with Crippen molar-refractivity contribution in [1.29, 1.82) is 0 Å². The lowest BCUT2D eigenvalue weighted by atomic mass is 9.98. The molecule has 2 fully saturated rings. The zero-order valence-corrected chi connectivity index (χ0v) is 29.0. The number of carbonyl (C=O) groups is 2. The molecule has 2 aliphatic heterocycles. The monoisotopic (exact) mass is 716 g/mol. The van der Waals surface area contributed by atoms with E-state index in [1.54, 1.807) is 6.20 Å². The number of alkyl halides is 3. The molecule has 2 aliphatic rings. The van der Waals surface area contributed by atoms with E-state index in [9.17, 15) is 27.9 Å². The van der Waals surface area contributed by atoms with E-state index in [4.69, 9.17) is 9.47 Å². The first kappa shape index (κ1) is 37.1. The van der Waals surface area contributed by atoms with Gasteiger partial charge in [-0.15, -0.1) is 0 Å². The van der Waals surface area contributed by atoms with Gasteiger partial charge in [-0.05, 0) is 72.0 Å². The summed E-state index contributed by atoms with van der Waals surface area (Å²) in [5.74, 6) is -2.59. The van der Waals surface area contributed by atoms with Crippen LogP contribution < -0.4 is 5.32 Å². The predicted octanol–water partition coefficient (Wildman–Crippen LogP) is 6.13. The van der Waals surface area contributed by atoms with Gasteiger partial charge >= 0.3 is 12.1 Å². The molecule has 2 saturated heterocycles. The van der Waals surface area contributed by atoms with Gasteiger partial charge in [0.2, 0.25) is 5.91 Å². The summed E-state index contributed by atoms with van der Waals surface area (Å²) < 4.78 is 52.4. The van der Waals surface area contributed by atoms with Crippen LogP contribution in [-0.4, -0.2) is 76.7 Å². The van der Waals surface area contributed by atoms with Gasteiger partial charge in [-0.25, -0.2) is 0 Å². The van der Waals surface area contributed by atoms with Crippen LogP contribution in [0.5, 0.6) is 0 Å². The van der Waals surface area contributed by atoms with Crippen LogP contribution in [0.4, 0.5) is 13.2 Å². The number of aromatic nitrogens is 1. The number of halogens is 3. The summed E-state index contributed by atoms with van der Waals surface area (Å²) in [4.78, 5) is 32.0. The molecule has 274 valence electrons. The molecule has 0 radical (unpaired) electrons. The van der Waals surface area contributed by atoms with Gasteiger partial charge < -0.3 is 29.7 Å². The highest BCUT2D eigenvalue weighted by atomic mass is 19.4. The van der Waals surface area contributed by atoms with Crippen molar-refractivity contribution in [2.75, 3.05) is 26.7 Å². The SMILES string of the molecule is CN(CCc1ccccn1)C[C@@H]1C[C@H](c2ccc(CO)cc2)O[C@H](c2cccc(-c3cccc(CNC(=O)[C@@H]4CCCN4C(=O)C(F)(F)F)c3)c2)O1. The van der Waals surface area contributed by atoms with Gasteiger partial charge in [0.25, 0.3) is 0 Å². The summed E-state index contributed by atoms with van der Waals surface area (Å²) >= 11 is 0. The van der Waals surface area contributed by atoms with Crippen LogP contribution in [0.3, 0.4) is 0 Å². The first-order valence-electron chi connectivity index (χ1n) is 17.5. The smallest absolute Gasteiger partial charge is 0.392 e. The van der Waals surface area contributed by atoms with Gasteiger partial charge in [-0.3, -0.25) is 14.6 Å². The van der Waals surface area contributed by atoms with E-state index in [2.05, 4.69) is 22.2 Å². The normalized spacial score (nSPS) is 20.6. The zero-order valence-electron chi connectivity index (χ0n) is 29.0. The average Bonchev–Trinajstić information content (AvgIpc) is 3.66. The van der Waals surface area contributed by atoms with E-state index in [1.165, 1.54) is 0 Å². The van der Waals surface area contributed by atoms with E-state index in [1.807, 2.05) is 91.0 Å². The number of carbonyl (C=O) groups excluding carboxylic acids is 2. The number of likely N-dealkylation sites (N-methyl/N-ethyl adjacent to an activating group) is 1. The van der Waals surface area contributed by atoms with Crippen LogP contribution in [0.2, 0.25) is 0 Å². The minimum atomic E-state index is -5.02. The van der Waals surface area contributed by atoms with Gasteiger partial charge in [-0.2, -0.15) is 13.2 Å². The number of benzene rings is 3. The molecule has 0 spiro atoms. The van der Waals surface area contributed by atoms with E-state index in [0.29, 0.717) is 24.3 Å². The number of rotatable bonds is 12. The van der Waals surface area contributed by atoms with Crippen molar-refractivity contribution >= 4 is 11.8 Å². The Balaban J connectivity index is 1.15.